The molecule has 0 spiro atoms. The molecule has 0 saturated heterocycles. The van der Waals surface area contributed by atoms with E-state index in [4.69, 9.17) is 0 Å². The maximum Gasteiger partial charge on any atom is 0.269 e. The monoisotopic (exact) mass is 361 g/mol. The fourth-order valence-corrected chi connectivity index (χ4v) is 3.22. The number of carbonyl (C=O) groups is 1. The number of nitro groups is 1. The smallest absolute Gasteiger partial charge is 0.269 e. The van der Waals surface area contributed by atoms with E-state index in [1.165, 1.54) is 82.8 Å². The molecule has 0 aromatic heterocycles. The molecular weight excluding hydrogens is 326 g/mol. The van der Waals surface area contributed by atoms with Crippen molar-refractivity contribution in [2.24, 2.45) is 0 Å². The van der Waals surface area contributed by atoms with Crippen molar-refractivity contribution in [2.75, 3.05) is 0 Å². The lowest BCUT2D eigenvalue weighted by molar-refractivity contribution is -0.384. The number of nitrogens with zero attached hydrogens (tertiary/aromatic N) is 1. The summed E-state index contributed by atoms with van der Waals surface area (Å²) < 4.78 is 0. The first kappa shape index (κ1) is 22.3. The molecule has 0 N–H and O–H groups in total. The number of benzene rings is 1. The molecule has 0 amide bonds. The number of non-ortho nitro benzene ring substituents is 1. The van der Waals surface area contributed by atoms with Crippen LogP contribution in [-0.2, 0) is 0 Å². The maximum absolute atomic E-state index is 12.1. The van der Waals surface area contributed by atoms with Gasteiger partial charge in [-0.25, -0.2) is 0 Å². The third-order valence-electron chi connectivity index (χ3n) is 4.91. The second-order valence-corrected chi connectivity index (χ2v) is 7.22. The zero-order valence-electron chi connectivity index (χ0n) is 16.4. The van der Waals surface area contributed by atoms with E-state index in [0.717, 1.165) is 12.8 Å². The molecule has 0 unspecified atom stereocenters. The van der Waals surface area contributed by atoms with Gasteiger partial charge in [0.05, 0.1) is 4.92 Å². The Balaban J connectivity index is 1.95. The Bertz CT molecular complexity index is 511. The van der Waals surface area contributed by atoms with Gasteiger partial charge in [0.1, 0.15) is 0 Å². The minimum atomic E-state index is -0.444. The van der Waals surface area contributed by atoms with Crippen LogP contribution in [0.15, 0.2) is 24.3 Å². The van der Waals surface area contributed by atoms with E-state index in [2.05, 4.69) is 6.92 Å². The van der Waals surface area contributed by atoms with Crippen molar-refractivity contribution in [1.82, 2.24) is 0 Å². The minimum Gasteiger partial charge on any atom is -0.294 e. The van der Waals surface area contributed by atoms with Gasteiger partial charge in [-0.05, 0) is 18.6 Å². The molecule has 0 radical (unpaired) electrons. The Kier molecular flexibility index (Phi) is 12.4. The summed E-state index contributed by atoms with van der Waals surface area (Å²) in [5.74, 6) is 0.0861. The fraction of sp³-hybridized carbons (Fsp3) is 0.682. The topological polar surface area (TPSA) is 60.2 Å². The van der Waals surface area contributed by atoms with E-state index in [-0.39, 0.29) is 11.5 Å². The highest BCUT2D eigenvalue weighted by atomic mass is 16.6. The predicted molar refractivity (Wildman–Crippen MR) is 108 cm³/mol. The van der Waals surface area contributed by atoms with Gasteiger partial charge in [-0.15, -0.1) is 0 Å². The standard InChI is InChI=1S/C22H35NO3/c1-2-3-4-5-6-7-8-9-10-11-12-13-14-15-22(24)20-16-18-21(19-17-20)23(25)26/h16-19H,2-15H2,1H3. The van der Waals surface area contributed by atoms with E-state index in [1.54, 1.807) is 12.1 Å². The Morgan fingerprint density at radius 1 is 0.769 bits per heavy atom. The molecule has 0 fully saturated rings. The van der Waals surface area contributed by atoms with E-state index < -0.39 is 4.92 Å². The molecule has 0 aliphatic carbocycles. The molecule has 0 heterocycles. The first-order valence-electron chi connectivity index (χ1n) is 10.4. The number of hydrogen-bond donors (Lipinski definition) is 0. The van der Waals surface area contributed by atoms with Crippen molar-refractivity contribution in [3.8, 4) is 0 Å². The molecule has 0 saturated carbocycles. The summed E-state index contributed by atoms with van der Waals surface area (Å²) in [6.07, 6.45) is 17.3. The van der Waals surface area contributed by atoms with Crippen molar-refractivity contribution < 1.29 is 9.72 Å². The molecule has 1 aromatic carbocycles. The first-order valence-corrected chi connectivity index (χ1v) is 10.4. The van der Waals surface area contributed by atoms with Gasteiger partial charge in [0.25, 0.3) is 5.69 Å². The average Bonchev–Trinajstić information content (AvgIpc) is 2.65. The van der Waals surface area contributed by atoms with Gasteiger partial charge in [-0.2, -0.15) is 0 Å². The second kappa shape index (κ2) is 14.5. The molecular formula is C22H35NO3. The molecule has 0 bridgehead atoms. The number of ketones is 1. The van der Waals surface area contributed by atoms with Crippen LogP contribution in [0.3, 0.4) is 0 Å². The number of Topliss-reactive ketones (excluding diaryl/α,β-unsaturated/α-hetero) is 1. The van der Waals surface area contributed by atoms with Crippen molar-refractivity contribution in [1.29, 1.82) is 0 Å². The van der Waals surface area contributed by atoms with Crippen molar-refractivity contribution in [3.05, 3.63) is 39.9 Å². The lowest BCUT2D eigenvalue weighted by Crippen LogP contribution is -1.99. The highest BCUT2D eigenvalue weighted by Crippen LogP contribution is 2.16. The van der Waals surface area contributed by atoms with Crippen molar-refractivity contribution in [2.45, 2.75) is 96.8 Å². The van der Waals surface area contributed by atoms with Crippen molar-refractivity contribution in [3.63, 3.8) is 0 Å². The average molecular weight is 362 g/mol. The normalized spacial score (nSPS) is 10.8. The molecule has 26 heavy (non-hydrogen) atoms. The lowest BCUT2D eigenvalue weighted by atomic mass is 10.0. The SMILES string of the molecule is CCCCCCCCCCCCCCCC(=O)c1ccc([N+](=O)[O-])cc1. The number of carbonyl (C=O) groups excluding carboxylic acids is 1. The lowest BCUT2D eigenvalue weighted by Gasteiger charge is -2.03. The quantitative estimate of drug-likeness (QED) is 0.135. The van der Waals surface area contributed by atoms with Crippen LogP contribution in [0.1, 0.15) is 107 Å². The van der Waals surface area contributed by atoms with Crippen LogP contribution in [-0.4, -0.2) is 10.7 Å². The van der Waals surface area contributed by atoms with Crippen LogP contribution < -0.4 is 0 Å². The minimum absolute atomic E-state index is 0.0301. The van der Waals surface area contributed by atoms with E-state index in [0.29, 0.717) is 12.0 Å². The number of unbranched alkanes of at least 4 members (excludes halogenated alkanes) is 12. The molecule has 0 atom stereocenters. The van der Waals surface area contributed by atoms with Gasteiger partial charge in [-0.3, -0.25) is 14.9 Å². The Hall–Kier alpha value is -1.71. The van der Waals surface area contributed by atoms with Crippen LogP contribution in [0.4, 0.5) is 5.69 Å². The summed E-state index contributed by atoms with van der Waals surface area (Å²) in [6.45, 7) is 2.26. The summed E-state index contributed by atoms with van der Waals surface area (Å²) in [6, 6.07) is 5.92. The number of rotatable bonds is 16. The molecule has 146 valence electrons. The third kappa shape index (κ3) is 10.3. The van der Waals surface area contributed by atoms with Gasteiger partial charge in [0.2, 0.25) is 0 Å². The highest BCUT2D eigenvalue weighted by Gasteiger charge is 2.09. The molecule has 4 heteroatoms. The highest BCUT2D eigenvalue weighted by molar-refractivity contribution is 5.96. The predicted octanol–water partition coefficient (Wildman–Crippen LogP) is 7.26. The molecule has 1 aromatic rings. The van der Waals surface area contributed by atoms with Crippen LogP contribution >= 0.6 is 0 Å². The molecule has 0 aliphatic heterocycles. The Labute approximate surface area is 158 Å². The fourth-order valence-electron chi connectivity index (χ4n) is 3.22. The third-order valence-corrected chi connectivity index (χ3v) is 4.91. The van der Waals surface area contributed by atoms with Gasteiger partial charge in [-0.1, -0.05) is 84.0 Å². The van der Waals surface area contributed by atoms with E-state index in [1.807, 2.05) is 0 Å². The maximum atomic E-state index is 12.1. The zero-order chi connectivity index (χ0) is 19.0. The van der Waals surface area contributed by atoms with Crippen LogP contribution in [0.5, 0.6) is 0 Å². The second-order valence-electron chi connectivity index (χ2n) is 7.22. The summed E-state index contributed by atoms with van der Waals surface area (Å²) >= 11 is 0. The van der Waals surface area contributed by atoms with Crippen LogP contribution in [0, 0.1) is 10.1 Å². The van der Waals surface area contributed by atoms with Gasteiger partial charge in [0, 0.05) is 24.1 Å². The zero-order valence-corrected chi connectivity index (χ0v) is 16.4. The molecule has 4 nitrogen and oxygen atoms in total. The molecule has 1 rings (SSSR count). The number of nitro benzene ring substituents is 1. The van der Waals surface area contributed by atoms with Gasteiger partial charge < -0.3 is 0 Å². The number of hydrogen-bond acceptors (Lipinski definition) is 3. The largest absolute Gasteiger partial charge is 0.294 e. The summed E-state index contributed by atoms with van der Waals surface area (Å²) in [5.41, 5.74) is 0.608. The summed E-state index contributed by atoms with van der Waals surface area (Å²) in [5, 5.41) is 10.6. The van der Waals surface area contributed by atoms with Gasteiger partial charge >= 0.3 is 0 Å². The Morgan fingerprint density at radius 3 is 1.62 bits per heavy atom. The first-order chi connectivity index (χ1) is 12.6. The van der Waals surface area contributed by atoms with E-state index in [9.17, 15) is 14.9 Å². The molecule has 0 aliphatic rings. The van der Waals surface area contributed by atoms with Gasteiger partial charge in [0.15, 0.2) is 5.78 Å². The van der Waals surface area contributed by atoms with Crippen LogP contribution in [0.2, 0.25) is 0 Å². The summed E-state index contributed by atoms with van der Waals surface area (Å²) in [7, 11) is 0. The Morgan fingerprint density at radius 2 is 1.19 bits per heavy atom. The van der Waals surface area contributed by atoms with E-state index >= 15 is 0 Å². The van der Waals surface area contributed by atoms with Crippen LogP contribution in [0.25, 0.3) is 0 Å². The summed E-state index contributed by atoms with van der Waals surface area (Å²) in [4.78, 5) is 22.2. The van der Waals surface area contributed by atoms with Crippen molar-refractivity contribution >= 4 is 11.5 Å².